The van der Waals surface area contributed by atoms with E-state index in [-0.39, 0.29) is 12.0 Å². The lowest BCUT2D eigenvalue weighted by Crippen LogP contribution is -2.44. The molecule has 5 rings (SSSR count). The number of ether oxygens (including phenoxy) is 1. The van der Waals surface area contributed by atoms with Crippen LogP contribution in [0.15, 0.2) is 48.8 Å². The topological polar surface area (TPSA) is 75.5 Å². The Kier molecular flexibility index (Phi) is 6.00. The van der Waals surface area contributed by atoms with Gasteiger partial charge in [0.05, 0.1) is 11.7 Å². The number of hydrogen-bond donors (Lipinski definition) is 1. The number of nitrogens with one attached hydrogen (secondary N) is 1. The van der Waals surface area contributed by atoms with Crippen molar-refractivity contribution in [2.24, 2.45) is 0 Å². The summed E-state index contributed by atoms with van der Waals surface area (Å²) in [5.41, 5.74) is 2.31. The molecule has 1 amide bonds. The molecule has 1 aromatic carbocycles. The van der Waals surface area contributed by atoms with Crippen LogP contribution in [-0.2, 0) is 6.54 Å². The molecule has 0 aliphatic carbocycles. The van der Waals surface area contributed by atoms with Gasteiger partial charge in [0.25, 0.3) is 5.91 Å². The summed E-state index contributed by atoms with van der Waals surface area (Å²) >= 11 is 0. The zero-order valence-corrected chi connectivity index (χ0v) is 19.2. The number of carbonyl (C=O) groups is 1. The number of likely N-dealkylation sites (N-methyl/N-ethyl adjacent to an activating group) is 1. The lowest BCUT2D eigenvalue weighted by atomic mass is 10.1. The van der Waals surface area contributed by atoms with E-state index in [1.54, 1.807) is 12.3 Å². The number of rotatable bonds is 1. The number of anilines is 2. The van der Waals surface area contributed by atoms with Crippen molar-refractivity contribution in [3.05, 3.63) is 54.4 Å². The Labute approximate surface area is 194 Å². The van der Waals surface area contributed by atoms with Crippen LogP contribution >= 0.6 is 0 Å². The molecule has 2 bridgehead atoms. The summed E-state index contributed by atoms with van der Waals surface area (Å²) in [5.74, 6) is 1.68. The maximum Gasteiger partial charge on any atom is 0.260 e. The van der Waals surface area contributed by atoms with Gasteiger partial charge in [-0.2, -0.15) is 0 Å². The van der Waals surface area contributed by atoms with E-state index in [9.17, 15) is 4.79 Å². The second-order valence-corrected chi connectivity index (χ2v) is 8.85. The monoisotopic (exact) mass is 446 g/mol. The molecule has 0 radical (unpaired) electrons. The molecule has 0 saturated carbocycles. The molecule has 2 aliphatic rings. The first-order valence-electron chi connectivity index (χ1n) is 11.6. The molecule has 8 heteroatoms. The predicted molar refractivity (Wildman–Crippen MR) is 129 cm³/mol. The van der Waals surface area contributed by atoms with E-state index in [1.165, 1.54) is 0 Å². The zero-order chi connectivity index (χ0) is 22.8. The fourth-order valence-electron chi connectivity index (χ4n) is 4.42. The van der Waals surface area contributed by atoms with Crippen LogP contribution in [0.5, 0.6) is 5.75 Å². The third-order valence-electron chi connectivity index (χ3n) is 6.35. The third kappa shape index (κ3) is 4.71. The molecule has 1 atom stereocenters. The second-order valence-electron chi connectivity index (χ2n) is 8.85. The predicted octanol–water partition coefficient (Wildman–Crippen LogP) is 3.51. The normalized spacial score (nSPS) is 19.6. The number of benzene rings is 1. The number of carbonyl (C=O) groups excluding carboxylic acids is 1. The van der Waals surface area contributed by atoms with Gasteiger partial charge < -0.3 is 24.4 Å². The van der Waals surface area contributed by atoms with E-state index >= 15 is 0 Å². The number of aromatic nitrogens is 3. The summed E-state index contributed by atoms with van der Waals surface area (Å²) in [6.07, 6.45) is 5.54. The standard InChI is InChI=1S/C25H30N6O2/c1-18-5-4-11-31-12-10-26-24(31)21-6-3-7-23(27-21)28-25(32)20-17-19(8-9-22(20)33-18)30-15-13-29(2)14-16-30/h3,6-10,12,17-18H,4-5,11,13-16H2,1-2H3,(H,27,28,32)/t18-/m0/s1. The molecule has 1 fully saturated rings. The van der Waals surface area contributed by atoms with E-state index in [2.05, 4.69) is 49.7 Å². The van der Waals surface area contributed by atoms with Gasteiger partial charge in [0, 0.05) is 50.8 Å². The quantitative estimate of drug-likeness (QED) is 0.617. The minimum atomic E-state index is -0.224. The first kappa shape index (κ1) is 21.5. The summed E-state index contributed by atoms with van der Waals surface area (Å²) in [7, 11) is 2.14. The first-order chi connectivity index (χ1) is 16.1. The van der Waals surface area contributed by atoms with Crippen molar-refractivity contribution < 1.29 is 9.53 Å². The molecule has 4 heterocycles. The lowest BCUT2D eigenvalue weighted by molar-refractivity contribution is 0.101. The molecule has 2 aromatic heterocycles. The van der Waals surface area contributed by atoms with Crippen molar-refractivity contribution in [1.82, 2.24) is 19.4 Å². The van der Waals surface area contributed by atoms with Gasteiger partial charge in [0.1, 0.15) is 17.3 Å². The van der Waals surface area contributed by atoms with E-state index in [1.807, 2.05) is 30.5 Å². The Morgan fingerprint density at radius 1 is 1.09 bits per heavy atom. The van der Waals surface area contributed by atoms with Crippen LogP contribution in [0, 0.1) is 0 Å². The molecule has 1 saturated heterocycles. The second kappa shape index (κ2) is 9.23. The molecule has 8 nitrogen and oxygen atoms in total. The van der Waals surface area contributed by atoms with Crippen LogP contribution in [0.4, 0.5) is 11.5 Å². The SMILES string of the molecule is C[C@H]1CCCn2ccnc2-c2cccc(n2)NC(=O)c2cc(N3CCN(C)CC3)ccc2O1. The van der Waals surface area contributed by atoms with E-state index in [0.717, 1.165) is 62.8 Å². The number of aryl methyl sites for hydroxylation is 1. The fraction of sp³-hybridized carbons (Fsp3) is 0.400. The van der Waals surface area contributed by atoms with Gasteiger partial charge in [0.15, 0.2) is 5.82 Å². The summed E-state index contributed by atoms with van der Waals surface area (Å²) < 4.78 is 8.36. The van der Waals surface area contributed by atoms with E-state index in [4.69, 9.17) is 4.74 Å². The average Bonchev–Trinajstić information content (AvgIpc) is 3.28. The van der Waals surface area contributed by atoms with Crippen LogP contribution in [0.25, 0.3) is 11.5 Å². The highest BCUT2D eigenvalue weighted by Gasteiger charge is 2.21. The smallest absolute Gasteiger partial charge is 0.260 e. The fourth-order valence-corrected chi connectivity index (χ4v) is 4.42. The van der Waals surface area contributed by atoms with Gasteiger partial charge in [-0.05, 0) is 57.1 Å². The van der Waals surface area contributed by atoms with Crippen molar-refractivity contribution in [3.63, 3.8) is 0 Å². The minimum Gasteiger partial charge on any atom is -0.490 e. The van der Waals surface area contributed by atoms with Crippen LogP contribution in [0.3, 0.4) is 0 Å². The maximum absolute atomic E-state index is 13.4. The number of nitrogens with zero attached hydrogens (tertiary/aromatic N) is 5. The van der Waals surface area contributed by atoms with Gasteiger partial charge >= 0.3 is 0 Å². The molecule has 0 unspecified atom stereocenters. The van der Waals surface area contributed by atoms with Gasteiger partial charge in [-0.15, -0.1) is 0 Å². The van der Waals surface area contributed by atoms with Crippen LogP contribution in [-0.4, -0.2) is 64.7 Å². The van der Waals surface area contributed by atoms with Crippen LogP contribution in [0.2, 0.25) is 0 Å². The molecular weight excluding hydrogens is 416 g/mol. The van der Waals surface area contributed by atoms with Gasteiger partial charge in [0.2, 0.25) is 0 Å². The van der Waals surface area contributed by atoms with E-state index in [0.29, 0.717) is 17.1 Å². The number of hydrogen-bond acceptors (Lipinski definition) is 6. The Morgan fingerprint density at radius 2 is 1.94 bits per heavy atom. The van der Waals surface area contributed by atoms with Crippen molar-refractivity contribution in [2.45, 2.75) is 32.4 Å². The summed E-state index contributed by atoms with van der Waals surface area (Å²) in [4.78, 5) is 27.2. The van der Waals surface area contributed by atoms with Crippen LogP contribution < -0.4 is 15.0 Å². The molecule has 33 heavy (non-hydrogen) atoms. The molecule has 172 valence electrons. The molecular formula is C25H30N6O2. The van der Waals surface area contributed by atoms with Gasteiger partial charge in [-0.1, -0.05) is 6.07 Å². The van der Waals surface area contributed by atoms with Crippen molar-refractivity contribution >= 4 is 17.4 Å². The molecule has 3 aromatic rings. The lowest BCUT2D eigenvalue weighted by Gasteiger charge is -2.34. The third-order valence-corrected chi connectivity index (χ3v) is 6.35. The summed E-state index contributed by atoms with van der Waals surface area (Å²) in [6, 6.07) is 11.6. The number of amides is 1. The maximum atomic E-state index is 13.4. The van der Waals surface area contributed by atoms with Crippen molar-refractivity contribution in [3.8, 4) is 17.3 Å². The van der Waals surface area contributed by atoms with Gasteiger partial charge in [-0.25, -0.2) is 9.97 Å². The van der Waals surface area contributed by atoms with Gasteiger partial charge in [-0.3, -0.25) is 4.79 Å². The highest BCUT2D eigenvalue weighted by Crippen LogP contribution is 2.29. The van der Waals surface area contributed by atoms with E-state index < -0.39 is 0 Å². The molecule has 0 spiro atoms. The number of imidazole rings is 1. The number of piperazine rings is 1. The highest BCUT2D eigenvalue weighted by molar-refractivity contribution is 6.06. The number of fused-ring (bicyclic) bond motifs is 5. The largest absolute Gasteiger partial charge is 0.490 e. The minimum absolute atomic E-state index is 0.0168. The Hall–Kier alpha value is -3.39. The van der Waals surface area contributed by atoms with Crippen molar-refractivity contribution in [2.75, 3.05) is 43.4 Å². The highest BCUT2D eigenvalue weighted by atomic mass is 16.5. The Morgan fingerprint density at radius 3 is 2.79 bits per heavy atom. The molecule has 1 N–H and O–H groups in total. The summed E-state index contributed by atoms with van der Waals surface area (Å²) in [6.45, 7) is 6.76. The molecule has 2 aliphatic heterocycles. The Bertz CT molecular complexity index is 1140. The number of pyridine rings is 1. The Balaban J connectivity index is 1.50. The average molecular weight is 447 g/mol. The van der Waals surface area contributed by atoms with Crippen molar-refractivity contribution in [1.29, 1.82) is 0 Å². The zero-order valence-electron chi connectivity index (χ0n) is 19.2. The first-order valence-corrected chi connectivity index (χ1v) is 11.6. The van der Waals surface area contributed by atoms with Crippen LogP contribution in [0.1, 0.15) is 30.1 Å². The summed E-state index contributed by atoms with van der Waals surface area (Å²) in [5, 5.41) is 2.97.